The van der Waals surface area contributed by atoms with E-state index in [1.165, 1.54) is 12.1 Å². The first-order valence-corrected chi connectivity index (χ1v) is 9.20. The fourth-order valence-corrected chi connectivity index (χ4v) is 3.04. The van der Waals surface area contributed by atoms with E-state index in [4.69, 9.17) is 0 Å². The molecule has 8 heteroatoms. The van der Waals surface area contributed by atoms with E-state index in [-0.39, 0.29) is 18.0 Å². The van der Waals surface area contributed by atoms with E-state index in [1.807, 2.05) is 0 Å². The number of sulfonamides is 1. The quantitative estimate of drug-likeness (QED) is 0.540. The summed E-state index contributed by atoms with van der Waals surface area (Å²) in [6, 6.07) is 4.66. The van der Waals surface area contributed by atoms with E-state index < -0.39 is 15.8 Å². The molecule has 1 aromatic carbocycles. The molecule has 1 aliphatic rings. The van der Waals surface area contributed by atoms with Gasteiger partial charge in [-0.1, -0.05) is 13.0 Å². The Morgan fingerprint density at radius 2 is 2.13 bits per heavy atom. The molecule has 0 aliphatic heterocycles. The third-order valence-electron chi connectivity index (χ3n) is 3.76. The van der Waals surface area contributed by atoms with Crippen LogP contribution >= 0.6 is 0 Å². The smallest absolute Gasteiger partial charge is 0.234 e. The molecule has 0 spiro atoms. The van der Waals surface area contributed by atoms with Gasteiger partial charge in [0.15, 0.2) is 5.96 Å². The lowest BCUT2D eigenvalue weighted by Gasteiger charge is -2.12. The first kappa shape index (κ1) is 17.5. The van der Waals surface area contributed by atoms with Gasteiger partial charge in [-0.05, 0) is 37.0 Å². The minimum Gasteiger partial charge on any atom is -0.355 e. The second kappa shape index (κ2) is 7.16. The summed E-state index contributed by atoms with van der Waals surface area (Å²) in [5.74, 6) is 0.640. The molecule has 1 saturated carbocycles. The number of hydrogen-bond acceptors (Lipinski definition) is 3. The van der Waals surface area contributed by atoms with Crippen LogP contribution in [0.25, 0.3) is 0 Å². The van der Waals surface area contributed by atoms with Gasteiger partial charge in [0.05, 0.1) is 11.4 Å². The van der Waals surface area contributed by atoms with Crippen LogP contribution in [0, 0.1) is 18.7 Å². The third kappa shape index (κ3) is 5.38. The number of nitrogens with one attached hydrogen (secondary N) is 3. The van der Waals surface area contributed by atoms with Crippen molar-refractivity contribution in [2.75, 3.05) is 24.1 Å². The van der Waals surface area contributed by atoms with Crippen molar-refractivity contribution in [3.63, 3.8) is 0 Å². The Morgan fingerprint density at radius 3 is 2.70 bits per heavy atom. The maximum atomic E-state index is 13.4. The molecule has 1 aliphatic carbocycles. The van der Waals surface area contributed by atoms with Crippen molar-refractivity contribution in [1.82, 2.24) is 10.6 Å². The summed E-state index contributed by atoms with van der Waals surface area (Å²) < 4.78 is 39.9. The van der Waals surface area contributed by atoms with Crippen molar-refractivity contribution in [3.05, 3.63) is 29.6 Å². The molecule has 0 heterocycles. The molecule has 3 N–H and O–H groups in total. The monoisotopic (exact) mass is 342 g/mol. The van der Waals surface area contributed by atoms with Crippen molar-refractivity contribution in [2.24, 2.45) is 10.9 Å². The summed E-state index contributed by atoms with van der Waals surface area (Å²) in [7, 11) is -1.91. The van der Waals surface area contributed by atoms with Crippen LogP contribution in [0.4, 0.5) is 10.1 Å². The van der Waals surface area contributed by atoms with Gasteiger partial charge >= 0.3 is 0 Å². The van der Waals surface area contributed by atoms with Gasteiger partial charge < -0.3 is 10.6 Å². The van der Waals surface area contributed by atoms with Crippen molar-refractivity contribution < 1.29 is 12.8 Å². The topological polar surface area (TPSA) is 82.6 Å². The molecule has 0 bridgehead atoms. The zero-order valence-electron chi connectivity index (χ0n) is 13.6. The van der Waals surface area contributed by atoms with Crippen LogP contribution in [0.3, 0.4) is 0 Å². The number of aliphatic imine (C=N–C) groups is 1. The highest BCUT2D eigenvalue weighted by Gasteiger charge is 2.33. The molecule has 0 radical (unpaired) electrons. The molecule has 2 unspecified atom stereocenters. The SMILES string of the molecule is CN=C(NCCS(=O)(=O)Nc1ccc(C)c(F)c1)NC1CC1C. The van der Waals surface area contributed by atoms with Crippen LogP contribution in [-0.2, 0) is 10.0 Å². The average molecular weight is 342 g/mol. The lowest BCUT2D eigenvalue weighted by Crippen LogP contribution is -2.41. The molecule has 2 atom stereocenters. The summed E-state index contributed by atoms with van der Waals surface area (Å²) in [4.78, 5) is 4.06. The summed E-state index contributed by atoms with van der Waals surface area (Å²) in [5, 5.41) is 6.18. The van der Waals surface area contributed by atoms with Gasteiger partial charge in [0, 0.05) is 19.6 Å². The van der Waals surface area contributed by atoms with Gasteiger partial charge in [-0.15, -0.1) is 0 Å². The largest absolute Gasteiger partial charge is 0.355 e. The minimum atomic E-state index is -3.55. The maximum Gasteiger partial charge on any atom is 0.234 e. The molecule has 0 saturated heterocycles. The van der Waals surface area contributed by atoms with Crippen molar-refractivity contribution in [1.29, 1.82) is 0 Å². The number of guanidine groups is 1. The van der Waals surface area contributed by atoms with Crippen molar-refractivity contribution >= 4 is 21.7 Å². The summed E-state index contributed by atoms with van der Waals surface area (Å²) >= 11 is 0. The lowest BCUT2D eigenvalue weighted by atomic mass is 10.2. The Bertz CT molecular complexity index is 691. The Hall–Kier alpha value is -1.83. The van der Waals surface area contributed by atoms with E-state index in [9.17, 15) is 12.8 Å². The van der Waals surface area contributed by atoms with E-state index in [1.54, 1.807) is 20.0 Å². The molecule has 1 fully saturated rings. The van der Waals surface area contributed by atoms with Crippen molar-refractivity contribution in [2.45, 2.75) is 26.3 Å². The lowest BCUT2D eigenvalue weighted by molar-refractivity contribution is 0.599. The van der Waals surface area contributed by atoms with Gasteiger partial charge in [0.1, 0.15) is 5.82 Å². The number of rotatable bonds is 6. The zero-order chi connectivity index (χ0) is 17.0. The minimum absolute atomic E-state index is 0.136. The van der Waals surface area contributed by atoms with Crippen LogP contribution in [0.1, 0.15) is 18.9 Å². The Morgan fingerprint density at radius 1 is 1.43 bits per heavy atom. The average Bonchev–Trinajstić information content (AvgIpc) is 3.16. The first-order valence-electron chi connectivity index (χ1n) is 7.54. The maximum absolute atomic E-state index is 13.4. The number of anilines is 1. The molecule has 0 aromatic heterocycles. The van der Waals surface area contributed by atoms with Crippen LogP contribution < -0.4 is 15.4 Å². The standard InChI is InChI=1S/C15H23FN4O2S/c1-10-4-5-12(9-13(10)16)20-23(21,22)7-6-18-15(17-3)19-14-8-11(14)2/h4-5,9,11,14,20H,6-8H2,1-3H3,(H2,17,18,19). The van der Waals surface area contributed by atoms with Gasteiger partial charge in [-0.2, -0.15) is 0 Å². The van der Waals surface area contributed by atoms with Gasteiger partial charge in [-0.25, -0.2) is 12.8 Å². The van der Waals surface area contributed by atoms with Crippen LogP contribution in [0.5, 0.6) is 0 Å². The molecule has 2 rings (SSSR count). The molecular weight excluding hydrogens is 319 g/mol. The van der Waals surface area contributed by atoms with Gasteiger partial charge in [-0.3, -0.25) is 9.71 Å². The first-order chi connectivity index (χ1) is 10.8. The van der Waals surface area contributed by atoms with E-state index >= 15 is 0 Å². The Labute approximate surface area is 136 Å². The Balaban J connectivity index is 1.82. The third-order valence-corrected chi connectivity index (χ3v) is 5.05. The van der Waals surface area contributed by atoms with Crippen LogP contribution in [0.2, 0.25) is 0 Å². The number of halogens is 1. The second-order valence-corrected chi connectivity index (χ2v) is 7.69. The molecule has 1 aromatic rings. The predicted molar refractivity (Wildman–Crippen MR) is 90.6 cm³/mol. The number of nitrogens with zero attached hydrogens (tertiary/aromatic N) is 1. The van der Waals surface area contributed by atoms with E-state index in [2.05, 4.69) is 27.3 Å². The van der Waals surface area contributed by atoms with Crippen LogP contribution in [-0.4, -0.2) is 39.8 Å². The predicted octanol–water partition coefficient (Wildman–Crippen LogP) is 1.45. The highest BCUT2D eigenvalue weighted by molar-refractivity contribution is 7.92. The number of hydrogen-bond donors (Lipinski definition) is 3. The van der Waals surface area contributed by atoms with E-state index in [0.717, 1.165) is 6.42 Å². The zero-order valence-corrected chi connectivity index (χ0v) is 14.4. The normalized spacial score (nSPS) is 21.0. The number of benzene rings is 1. The van der Waals surface area contributed by atoms with E-state index in [0.29, 0.717) is 23.5 Å². The molecule has 6 nitrogen and oxygen atoms in total. The van der Waals surface area contributed by atoms with Crippen molar-refractivity contribution in [3.8, 4) is 0 Å². The highest BCUT2D eigenvalue weighted by Crippen LogP contribution is 2.28. The van der Waals surface area contributed by atoms with Gasteiger partial charge in [0.25, 0.3) is 0 Å². The molecule has 23 heavy (non-hydrogen) atoms. The van der Waals surface area contributed by atoms with Gasteiger partial charge in [0.2, 0.25) is 10.0 Å². The Kier molecular flexibility index (Phi) is 5.46. The highest BCUT2D eigenvalue weighted by atomic mass is 32.2. The number of aryl methyl sites for hydroxylation is 1. The summed E-state index contributed by atoms with van der Waals surface area (Å²) in [6.45, 7) is 3.97. The second-order valence-electron chi connectivity index (χ2n) is 5.85. The molecule has 0 amide bonds. The molecular formula is C15H23FN4O2S. The summed E-state index contributed by atoms with van der Waals surface area (Å²) in [6.07, 6.45) is 1.10. The molecule has 128 valence electrons. The fourth-order valence-electron chi connectivity index (χ4n) is 2.08. The summed E-state index contributed by atoms with van der Waals surface area (Å²) in [5.41, 5.74) is 0.696. The fraction of sp³-hybridized carbons (Fsp3) is 0.533. The van der Waals surface area contributed by atoms with Crippen LogP contribution in [0.15, 0.2) is 23.2 Å².